The molecule has 0 aliphatic carbocycles. The molecule has 0 saturated heterocycles. The van der Waals surface area contributed by atoms with Crippen molar-refractivity contribution < 1.29 is 18.0 Å². The number of nitrogens with zero attached hydrogens (tertiary/aromatic N) is 2. The van der Waals surface area contributed by atoms with E-state index in [2.05, 4.69) is 15.7 Å². The molecule has 1 aliphatic rings. The van der Waals surface area contributed by atoms with E-state index in [9.17, 15) is 18.0 Å². The zero-order chi connectivity index (χ0) is 17.6. The Morgan fingerprint density at radius 2 is 2.04 bits per heavy atom. The van der Waals surface area contributed by atoms with Crippen molar-refractivity contribution >= 4 is 23.1 Å². The van der Waals surface area contributed by atoms with Crippen molar-refractivity contribution in [2.75, 3.05) is 5.32 Å². The summed E-state index contributed by atoms with van der Waals surface area (Å²) >= 11 is 1.48. The molecule has 0 bridgehead atoms. The number of carbonyl (C=O) groups is 1. The fraction of sp³-hybridized carbons (Fsp3) is 0.125. The van der Waals surface area contributed by atoms with Gasteiger partial charge in [-0.05, 0) is 35.0 Å². The first-order chi connectivity index (χ1) is 11.9. The van der Waals surface area contributed by atoms with Crippen LogP contribution in [0.1, 0.15) is 27.7 Å². The Kier molecular flexibility index (Phi) is 3.53. The van der Waals surface area contributed by atoms with Crippen molar-refractivity contribution in [3.63, 3.8) is 0 Å². The highest BCUT2D eigenvalue weighted by Gasteiger charge is 2.32. The molecule has 9 heteroatoms. The molecule has 4 rings (SSSR count). The predicted octanol–water partition coefficient (Wildman–Crippen LogP) is 3.81. The molecule has 0 fully saturated rings. The van der Waals surface area contributed by atoms with Gasteiger partial charge in [-0.15, -0.1) is 0 Å². The first kappa shape index (κ1) is 15.7. The number of thiophene rings is 1. The highest BCUT2D eigenvalue weighted by Crippen LogP contribution is 2.33. The first-order valence-corrected chi connectivity index (χ1v) is 8.23. The van der Waals surface area contributed by atoms with Gasteiger partial charge in [-0.1, -0.05) is 6.07 Å². The number of amides is 1. The summed E-state index contributed by atoms with van der Waals surface area (Å²) in [6.45, 7) is 0. The van der Waals surface area contributed by atoms with Crippen LogP contribution in [0.5, 0.6) is 0 Å². The van der Waals surface area contributed by atoms with Gasteiger partial charge in [-0.3, -0.25) is 4.79 Å². The van der Waals surface area contributed by atoms with Crippen molar-refractivity contribution in [3.8, 4) is 5.69 Å². The Morgan fingerprint density at radius 3 is 2.76 bits per heavy atom. The van der Waals surface area contributed by atoms with Gasteiger partial charge in [0.2, 0.25) is 0 Å². The standard InChI is InChI=1S/C16H11F3N4OS/c17-16(18,19)10-2-1-3-11(6-10)23-14-12(7-20-23)15(24)22-13(21-14)9-4-5-25-8-9/h1-8,13,21H,(H,22,24). The molecule has 5 nitrogen and oxygen atoms in total. The van der Waals surface area contributed by atoms with Crippen molar-refractivity contribution in [2.24, 2.45) is 0 Å². The summed E-state index contributed by atoms with van der Waals surface area (Å²) in [7, 11) is 0. The van der Waals surface area contributed by atoms with Gasteiger partial charge in [0.05, 0.1) is 17.4 Å². The third kappa shape index (κ3) is 2.76. The molecule has 2 aromatic heterocycles. The summed E-state index contributed by atoms with van der Waals surface area (Å²) in [4.78, 5) is 12.3. The zero-order valence-corrected chi connectivity index (χ0v) is 13.4. The number of rotatable bonds is 2. The minimum Gasteiger partial charge on any atom is -0.345 e. The smallest absolute Gasteiger partial charge is 0.345 e. The number of fused-ring (bicyclic) bond motifs is 1. The van der Waals surface area contributed by atoms with E-state index in [1.165, 1.54) is 34.3 Å². The van der Waals surface area contributed by atoms with E-state index in [1.807, 2.05) is 16.8 Å². The summed E-state index contributed by atoms with van der Waals surface area (Å²) in [6.07, 6.45) is -3.58. The van der Waals surface area contributed by atoms with Gasteiger partial charge < -0.3 is 10.6 Å². The van der Waals surface area contributed by atoms with Crippen LogP contribution in [0.15, 0.2) is 47.3 Å². The minimum absolute atomic E-state index is 0.224. The molecule has 1 amide bonds. The lowest BCUT2D eigenvalue weighted by molar-refractivity contribution is -0.137. The van der Waals surface area contributed by atoms with E-state index in [1.54, 1.807) is 0 Å². The van der Waals surface area contributed by atoms with Crippen molar-refractivity contribution in [1.29, 1.82) is 0 Å². The van der Waals surface area contributed by atoms with Gasteiger partial charge in [0.25, 0.3) is 5.91 Å². The van der Waals surface area contributed by atoms with E-state index >= 15 is 0 Å². The van der Waals surface area contributed by atoms with Crippen LogP contribution in [0.2, 0.25) is 0 Å². The lowest BCUT2D eigenvalue weighted by atomic mass is 10.1. The Bertz CT molecular complexity index is 933. The Labute approximate surface area is 144 Å². The molecule has 0 saturated carbocycles. The molecular weight excluding hydrogens is 353 g/mol. The minimum atomic E-state index is -4.45. The van der Waals surface area contributed by atoms with Crippen LogP contribution >= 0.6 is 11.3 Å². The largest absolute Gasteiger partial charge is 0.416 e. The highest BCUT2D eigenvalue weighted by atomic mass is 32.1. The van der Waals surface area contributed by atoms with E-state index in [0.29, 0.717) is 5.82 Å². The summed E-state index contributed by atoms with van der Waals surface area (Å²) in [5, 5.41) is 13.8. The Balaban J connectivity index is 1.76. The molecule has 1 unspecified atom stereocenters. The second kappa shape index (κ2) is 5.62. The Morgan fingerprint density at radius 1 is 1.20 bits per heavy atom. The van der Waals surface area contributed by atoms with E-state index in [0.717, 1.165) is 17.7 Å². The van der Waals surface area contributed by atoms with Crippen LogP contribution in [0.3, 0.4) is 0 Å². The topological polar surface area (TPSA) is 59.0 Å². The summed E-state index contributed by atoms with van der Waals surface area (Å²) in [5.74, 6) is 0.0300. The van der Waals surface area contributed by atoms with Crippen molar-refractivity contribution in [3.05, 3.63) is 64.0 Å². The normalized spacial score (nSPS) is 16.9. The molecule has 1 aliphatic heterocycles. The molecule has 0 spiro atoms. The SMILES string of the molecule is O=C1NC(c2ccsc2)Nc2c1cnn2-c1cccc(C(F)(F)F)c1. The zero-order valence-electron chi connectivity index (χ0n) is 12.5. The molecule has 128 valence electrons. The second-order valence-corrected chi connectivity index (χ2v) is 6.25. The molecule has 3 aromatic rings. The van der Waals surface area contributed by atoms with Crippen LogP contribution in [-0.2, 0) is 6.18 Å². The highest BCUT2D eigenvalue weighted by molar-refractivity contribution is 7.08. The number of anilines is 1. The average molecular weight is 364 g/mol. The van der Waals surface area contributed by atoms with E-state index in [4.69, 9.17) is 0 Å². The number of aromatic nitrogens is 2. The van der Waals surface area contributed by atoms with Gasteiger partial charge in [0.1, 0.15) is 17.5 Å². The number of hydrogen-bond donors (Lipinski definition) is 2. The number of nitrogens with one attached hydrogen (secondary N) is 2. The summed E-state index contributed by atoms with van der Waals surface area (Å²) in [5.41, 5.74) is 0.593. The molecule has 1 aromatic carbocycles. The van der Waals surface area contributed by atoms with Gasteiger partial charge in [-0.2, -0.15) is 29.6 Å². The Hall–Kier alpha value is -2.81. The van der Waals surface area contributed by atoms with E-state index < -0.39 is 17.9 Å². The maximum Gasteiger partial charge on any atom is 0.416 e. The average Bonchev–Trinajstić information content (AvgIpc) is 3.24. The third-order valence-electron chi connectivity index (χ3n) is 3.86. The van der Waals surface area contributed by atoms with E-state index in [-0.39, 0.29) is 17.2 Å². The maximum atomic E-state index is 13.0. The quantitative estimate of drug-likeness (QED) is 0.727. The molecule has 2 N–H and O–H groups in total. The number of carbonyl (C=O) groups excluding carboxylic acids is 1. The lowest BCUT2D eigenvalue weighted by Crippen LogP contribution is -2.38. The third-order valence-corrected chi connectivity index (χ3v) is 4.57. The number of hydrogen-bond acceptors (Lipinski definition) is 4. The number of halogens is 3. The molecule has 3 heterocycles. The van der Waals surface area contributed by atoms with Crippen LogP contribution in [0.4, 0.5) is 19.0 Å². The predicted molar refractivity (Wildman–Crippen MR) is 86.7 cm³/mol. The lowest BCUT2D eigenvalue weighted by Gasteiger charge is -2.26. The molecular formula is C16H11F3N4OS. The fourth-order valence-electron chi connectivity index (χ4n) is 2.65. The van der Waals surface area contributed by atoms with Gasteiger partial charge in [-0.25, -0.2) is 4.68 Å². The molecule has 25 heavy (non-hydrogen) atoms. The fourth-order valence-corrected chi connectivity index (χ4v) is 3.34. The second-order valence-electron chi connectivity index (χ2n) is 5.47. The first-order valence-electron chi connectivity index (χ1n) is 7.28. The summed E-state index contributed by atoms with van der Waals surface area (Å²) < 4.78 is 40.2. The van der Waals surface area contributed by atoms with Crippen LogP contribution in [0, 0.1) is 0 Å². The van der Waals surface area contributed by atoms with Crippen molar-refractivity contribution in [1.82, 2.24) is 15.1 Å². The summed E-state index contributed by atoms with van der Waals surface area (Å²) in [6, 6.07) is 6.68. The van der Waals surface area contributed by atoms with Gasteiger partial charge >= 0.3 is 6.18 Å². The van der Waals surface area contributed by atoms with Crippen LogP contribution in [-0.4, -0.2) is 15.7 Å². The van der Waals surface area contributed by atoms with Crippen LogP contribution in [0.25, 0.3) is 5.69 Å². The molecule has 0 radical (unpaired) electrons. The van der Waals surface area contributed by atoms with Crippen molar-refractivity contribution in [2.45, 2.75) is 12.3 Å². The van der Waals surface area contributed by atoms with Gasteiger partial charge in [0, 0.05) is 5.56 Å². The molecule has 1 atom stereocenters. The van der Waals surface area contributed by atoms with Gasteiger partial charge in [0.15, 0.2) is 0 Å². The number of alkyl halides is 3. The number of benzene rings is 1. The monoisotopic (exact) mass is 364 g/mol. The van der Waals surface area contributed by atoms with Crippen LogP contribution < -0.4 is 10.6 Å². The maximum absolute atomic E-state index is 13.0.